The van der Waals surface area contributed by atoms with Crippen LogP contribution in [0.1, 0.15) is 32.3 Å². The van der Waals surface area contributed by atoms with Crippen LogP contribution < -0.4 is 0 Å². The lowest BCUT2D eigenvalue weighted by Gasteiger charge is -2.37. The van der Waals surface area contributed by atoms with Gasteiger partial charge < -0.3 is 0 Å². The van der Waals surface area contributed by atoms with Gasteiger partial charge in [0, 0.05) is 12.2 Å². The van der Waals surface area contributed by atoms with Crippen LogP contribution in [0.25, 0.3) is 0 Å². The van der Waals surface area contributed by atoms with Gasteiger partial charge in [-0.1, -0.05) is 50.8 Å². The molecule has 2 aliphatic rings. The molecule has 0 saturated carbocycles. The van der Waals surface area contributed by atoms with Gasteiger partial charge in [0.25, 0.3) is 0 Å². The van der Waals surface area contributed by atoms with E-state index < -0.39 is 10.2 Å². The molecule has 1 aromatic rings. The molecule has 5 heteroatoms. The maximum atomic E-state index is 12.7. The Labute approximate surface area is 127 Å². The molecule has 1 atom stereocenters. The van der Waals surface area contributed by atoms with Crippen LogP contribution in [0.4, 0.5) is 0 Å². The average molecular weight is 306 g/mol. The molecule has 2 saturated heterocycles. The first-order valence-electron chi connectivity index (χ1n) is 7.33. The summed E-state index contributed by atoms with van der Waals surface area (Å²) in [6, 6.07) is 9.60. The molecule has 0 radical (unpaired) electrons. The molecule has 0 aliphatic carbocycles. The first-order valence-corrected chi connectivity index (χ1v) is 8.73. The Balaban J connectivity index is 1.90. The van der Waals surface area contributed by atoms with Crippen LogP contribution in [0.5, 0.6) is 0 Å². The quantitative estimate of drug-likeness (QED) is 0.843. The highest BCUT2D eigenvalue weighted by Gasteiger charge is 2.50. The van der Waals surface area contributed by atoms with E-state index in [2.05, 4.69) is 20.4 Å². The summed E-state index contributed by atoms with van der Waals surface area (Å²) < 4.78 is 28.6. The Morgan fingerprint density at radius 2 is 1.95 bits per heavy atom. The van der Waals surface area contributed by atoms with Gasteiger partial charge in [0.1, 0.15) is 0 Å². The molecule has 21 heavy (non-hydrogen) atoms. The average Bonchev–Trinajstić information content (AvgIpc) is 2.60. The van der Waals surface area contributed by atoms with Gasteiger partial charge in [0.2, 0.25) is 0 Å². The zero-order chi connectivity index (χ0) is 15.3. The largest absolute Gasteiger partial charge is 0.304 e. The highest BCUT2D eigenvalue weighted by atomic mass is 32.2. The molecular formula is C16H22N2O2S. The summed E-state index contributed by atoms with van der Waals surface area (Å²) >= 11 is 0. The zero-order valence-electron chi connectivity index (χ0n) is 12.6. The minimum absolute atomic E-state index is 0.0811. The first-order chi connectivity index (χ1) is 9.81. The number of benzene rings is 1. The van der Waals surface area contributed by atoms with Crippen molar-refractivity contribution >= 4 is 10.2 Å². The Morgan fingerprint density at radius 1 is 1.29 bits per heavy atom. The minimum Gasteiger partial charge on any atom is -0.256 e. The molecule has 2 aliphatic heterocycles. The minimum atomic E-state index is -3.42. The van der Waals surface area contributed by atoms with Crippen molar-refractivity contribution in [3.63, 3.8) is 0 Å². The molecule has 3 rings (SSSR count). The van der Waals surface area contributed by atoms with Gasteiger partial charge in [-0.3, -0.25) is 4.31 Å². The SMILES string of the molecule is C=C1C2CC(C)(C)CCN2S(=O)(=O)N1Cc1ccccc1. The van der Waals surface area contributed by atoms with Crippen LogP contribution in [-0.2, 0) is 16.8 Å². The van der Waals surface area contributed by atoms with E-state index in [9.17, 15) is 8.42 Å². The summed E-state index contributed by atoms with van der Waals surface area (Å²) in [5.41, 5.74) is 1.87. The summed E-state index contributed by atoms with van der Waals surface area (Å²) in [6.07, 6.45) is 1.74. The van der Waals surface area contributed by atoms with E-state index in [0.717, 1.165) is 18.4 Å². The Morgan fingerprint density at radius 3 is 2.62 bits per heavy atom. The maximum Gasteiger partial charge on any atom is 0.304 e. The van der Waals surface area contributed by atoms with Crippen LogP contribution in [0, 0.1) is 5.41 Å². The fourth-order valence-electron chi connectivity index (χ4n) is 3.23. The monoisotopic (exact) mass is 306 g/mol. The van der Waals surface area contributed by atoms with Gasteiger partial charge >= 0.3 is 10.2 Å². The third kappa shape index (κ3) is 2.49. The Bertz CT molecular complexity index is 652. The van der Waals surface area contributed by atoms with E-state index >= 15 is 0 Å². The van der Waals surface area contributed by atoms with Crippen LogP contribution in [0.2, 0.25) is 0 Å². The van der Waals surface area contributed by atoms with Gasteiger partial charge in [0.15, 0.2) is 0 Å². The highest BCUT2D eigenvalue weighted by Crippen LogP contribution is 2.43. The zero-order valence-corrected chi connectivity index (χ0v) is 13.4. The van der Waals surface area contributed by atoms with Crippen molar-refractivity contribution in [2.75, 3.05) is 6.54 Å². The summed E-state index contributed by atoms with van der Waals surface area (Å²) in [4.78, 5) is 0. The normalized spacial score (nSPS) is 27.6. The van der Waals surface area contributed by atoms with Crippen molar-refractivity contribution in [2.45, 2.75) is 39.3 Å². The van der Waals surface area contributed by atoms with Gasteiger partial charge in [-0.25, -0.2) is 0 Å². The lowest BCUT2D eigenvalue weighted by atomic mass is 9.79. The molecule has 2 heterocycles. The van der Waals surface area contributed by atoms with Crippen molar-refractivity contribution in [1.29, 1.82) is 0 Å². The Kier molecular flexibility index (Phi) is 3.37. The molecule has 1 unspecified atom stereocenters. The topological polar surface area (TPSA) is 40.6 Å². The molecule has 0 amide bonds. The fourth-order valence-corrected chi connectivity index (χ4v) is 5.05. The molecule has 0 bridgehead atoms. The third-order valence-electron chi connectivity index (χ3n) is 4.55. The summed E-state index contributed by atoms with van der Waals surface area (Å²) in [5.74, 6) is 0. The lowest BCUT2D eigenvalue weighted by molar-refractivity contribution is 0.162. The number of nitrogens with zero attached hydrogens (tertiary/aromatic N) is 2. The fraction of sp³-hybridized carbons (Fsp3) is 0.500. The van der Waals surface area contributed by atoms with Crippen molar-refractivity contribution < 1.29 is 8.42 Å². The predicted molar refractivity (Wildman–Crippen MR) is 83.6 cm³/mol. The van der Waals surface area contributed by atoms with E-state index in [0.29, 0.717) is 18.8 Å². The summed E-state index contributed by atoms with van der Waals surface area (Å²) in [7, 11) is -3.42. The molecule has 0 spiro atoms. The predicted octanol–water partition coefficient (Wildman–Crippen LogP) is 2.75. The number of fused-ring (bicyclic) bond motifs is 1. The van der Waals surface area contributed by atoms with Crippen LogP contribution in [0.3, 0.4) is 0 Å². The number of hydrogen-bond acceptors (Lipinski definition) is 2. The second-order valence-corrected chi connectivity index (χ2v) is 8.54. The van der Waals surface area contributed by atoms with E-state index in [-0.39, 0.29) is 11.5 Å². The molecule has 0 aromatic heterocycles. The van der Waals surface area contributed by atoms with E-state index in [4.69, 9.17) is 0 Å². The van der Waals surface area contributed by atoms with Gasteiger partial charge in [-0.05, 0) is 23.8 Å². The van der Waals surface area contributed by atoms with Crippen molar-refractivity contribution in [3.8, 4) is 0 Å². The van der Waals surface area contributed by atoms with Gasteiger partial charge in [-0.15, -0.1) is 0 Å². The third-order valence-corrected chi connectivity index (χ3v) is 6.50. The summed E-state index contributed by atoms with van der Waals surface area (Å²) in [6.45, 7) is 9.44. The molecule has 1 aromatic carbocycles. The lowest BCUT2D eigenvalue weighted by Crippen LogP contribution is -2.44. The van der Waals surface area contributed by atoms with Gasteiger partial charge in [-0.2, -0.15) is 12.7 Å². The second-order valence-electron chi connectivity index (χ2n) is 6.74. The molecule has 2 fully saturated rings. The molecule has 0 N–H and O–H groups in total. The number of hydrogen-bond donors (Lipinski definition) is 0. The molecule has 114 valence electrons. The van der Waals surface area contributed by atoms with Gasteiger partial charge in [0.05, 0.1) is 12.6 Å². The maximum absolute atomic E-state index is 12.7. The smallest absolute Gasteiger partial charge is 0.256 e. The van der Waals surface area contributed by atoms with E-state index in [1.807, 2.05) is 30.3 Å². The highest BCUT2D eigenvalue weighted by molar-refractivity contribution is 7.87. The standard InChI is InChI=1S/C16H22N2O2S/c1-13-15-11-16(2,3)9-10-17(15)21(19,20)18(13)12-14-7-5-4-6-8-14/h4-8,15H,1,9-12H2,2-3H3. The second kappa shape index (κ2) is 4.85. The number of piperidine rings is 1. The van der Waals surface area contributed by atoms with E-state index in [1.165, 1.54) is 4.31 Å². The van der Waals surface area contributed by atoms with Crippen molar-refractivity contribution in [2.24, 2.45) is 5.41 Å². The van der Waals surface area contributed by atoms with Crippen LogP contribution in [-0.4, -0.2) is 29.6 Å². The van der Waals surface area contributed by atoms with E-state index in [1.54, 1.807) is 4.31 Å². The molecular weight excluding hydrogens is 284 g/mol. The first kappa shape index (κ1) is 14.6. The van der Waals surface area contributed by atoms with Crippen LogP contribution >= 0.6 is 0 Å². The van der Waals surface area contributed by atoms with Crippen molar-refractivity contribution in [1.82, 2.24) is 8.61 Å². The summed E-state index contributed by atoms with van der Waals surface area (Å²) in [5, 5.41) is 0. The number of rotatable bonds is 2. The Hall–Kier alpha value is -1.33. The van der Waals surface area contributed by atoms with Crippen molar-refractivity contribution in [3.05, 3.63) is 48.2 Å². The molecule has 4 nitrogen and oxygen atoms in total. The van der Waals surface area contributed by atoms with Crippen LogP contribution in [0.15, 0.2) is 42.6 Å².